The van der Waals surface area contributed by atoms with Gasteiger partial charge in [0.1, 0.15) is 5.65 Å². The first-order valence-corrected chi connectivity index (χ1v) is 15.0. The van der Waals surface area contributed by atoms with Gasteiger partial charge >= 0.3 is 0 Å². The van der Waals surface area contributed by atoms with Gasteiger partial charge in [0, 0.05) is 16.2 Å². The van der Waals surface area contributed by atoms with Gasteiger partial charge in [0.25, 0.3) is 5.56 Å². The summed E-state index contributed by atoms with van der Waals surface area (Å²) >= 11 is 0. The largest absolute Gasteiger partial charge is 0.268 e. The molecule has 8 aromatic rings. The van der Waals surface area contributed by atoms with E-state index in [1.54, 1.807) is 22.6 Å². The summed E-state index contributed by atoms with van der Waals surface area (Å²) in [5.41, 5.74) is 6.53. The number of rotatable bonds is 1. The second-order valence-electron chi connectivity index (χ2n) is 10.7. The summed E-state index contributed by atoms with van der Waals surface area (Å²) in [5, 5.41) is 3.62. The van der Waals surface area contributed by atoms with Crippen LogP contribution in [0.5, 0.6) is 0 Å². The molecule has 0 aliphatic heterocycles. The Kier molecular flexibility index (Phi) is 9.94. The maximum atomic E-state index is 13.0. The van der Waals surface area contributed by atoms with Crippen LogP contribution < -0.4 is 5.56 Å². The van der Waals surface area contributed by atoms with E-state index in [1.165, 1.54) is 16.7 Å². The number of pyridine rings is 1. The molecular formula is C41H35N3O. The average molecular weight is 586 g/mol. The predicted octanol–water partition coefficient (Wildman–Crippen LogP) is 10.4. The van der Waals surface area contributed by atoms with Crippen LogP contribution in [-0.2, 0) is 6.42 Å². The Labute approximate surface area is 264 Å². The molecule has 4 heteroatoms. The number of nitrogens with zero attached hydrogens (tertiary/aromatic N) is 3. The fourth-order valence-electron chi connectivity index (χ4n) is 5.13. The third-order valence-corrected chi connectivity index (χ3v) is 7.48. The van der Waals surface area contributed by atoms with E-state index in [4.69, 9.17) is 6.57 Å². The monoisotopic (exact) mass is 585 g/mol. The van der Waals surface area contributed by atoms with Crippen LogP contribution in [0.1, 0.15) is 23.6 Å². The Hall–Kier alpha value is -5.79. The number of hydrogen-bond acceptors (Lipinski definition) is 2. The fraction of sp³-hybridized carbons (Fsp3) is 0.0976. The van der Waals surface area contributed by atoms with Gasteiger partial charge in [-0.2, -0.15) is 0 Å². The van der Waals surface area contributed by atoms with Crippen molar-refractivity contribution in [2.45, 2.75) is 27.2 Å². The van der Waals surface area contributed by atoms with Gasteiger partial charge in [-0.25, -0.2) is 9.83 Å². The minimum Gasteiger partial charge on any atom is -0.268 e. The highest BCUT2D eigenvalue weighted by molar-refractivity contribution is 6.15. The molecule has 0 unspecified atom stereocenters. The number of aryl methyl sites for hydroxylation is 3. The van der Waals surface area contributed by atoms with E-state index < -0.39 is 0 Å². The standard InChI is InChI=1S/C19H9N3O.C8H10.2C7H8/c1-20-12-8-9-15-16(10-12)22-18(21-15)13-6-2-4-11-5-3-7-14(17(11)13)19(22)23;1-2-8-6-4-3-5-7-8;2*1-7-5-3-2-4-6-7/h2-10H;3-7H,2H2,1H3;2*2-6H,1H3. The molecule has 8 rings (SSSR count). The highest BCUT2D eigenvalue weighted by Crippen LogP contribution is 2.30. The molecule has 0 atom stereocenters. The molecule has 0 aliphatic carbocycles. The first kappa shape index (κ1) is 30.7. The number of imidazole rings is 1. The number of fused-ring (bicyclic) bond motifs is 4. The van der Waals surface area contributed by atoms with Crippen LogP contribution in [0.25, 0.3) is 43.1 Å². The van der Waals surface area contributed by atoms with Crippen LogP contribution in [-0.4, -0.2) is 9.38 Å². The van der Waals surface area contributed by atoms with E-state index in [0.29, 0.717) is 22.2 Å². The smallest absolute Gasteiger partial charge is 0.264 e. The van der Waals surface area contributed by atoms with Gasteiger partial charge in [0.05, 0.1) is 17.6 Å². The van der Waals surface area contributed by atoms with Crippen LogP contribution in [0.15, 0.2) is 150 Å². The lowest BCUT2D eigenvalue weighted by atomic mass is 10.0. The lowest BCUT2D eigenvalue weighted by Gasteiger charge is -2.06. The molecule has 0 radical (unpaired) electrons. The third-order valence-electron chi connectivity index (χ3n) is 7.48. The van der Waals surface area contributed by atoms with Crippen molar-refractivity contribution in [1.82, 2.24) is 9.38 Å². The molecule has 0 fully saturated rings. The minimum atomic E-state index is -0.0890. The topological polar surface area (TPSA) is 38.7 Å². The second kappa shape index (κ2) is 14.6. The van der Waals surface area contributed by atoms with Crippen LogP contribution in [0, 0.1) is 20.4 Å². The molecule has 0 saturated carbocycles. The van der Waals surface area contributed by atoms with E-state index in [9.17, 15) is 4.79 Å². The minimum absolute atomic E-state index is 0.0890. The summed E-state index contributed by atoms with van der Waals surface area (Å²) < 4.78 is 1.63. The molecule has 6 aromatic carbocycles. The van der Waals surface area contributed by atoms with Crippen molar-refractivity contribution in [2.24, 2.45) is 0 Å². The van der Waals surface area contributed by atoms with Crippen molar-refractivity contribution in [3.8, 4) is 0 Å². The summed E-state index contributed by atoms with van der Waals surface area (Å²) in [7, 11) is 0. The maximum absolute atomic E-state index is 13.0. The van der Waals surface area contributed by atoms with E-state index in [-0.39, 0.29) is 5.56 Å². The van der Waals surface area contributed by atoms with Crippen molar-refractivity contribution >= 4 is 43.9 Å². The van der Waals surface area contributed by atoms with Crippen molar-refractivity contribution in [1.29, 1.82) is 0 Å². The molecule has 0 aliphatic rings. The Morgan fingerprint density at radius 2 is 1.22 bits per heavy atom. The van der Waals surface area contributed by atoms with Gasteiger partial charge in [-0.1, -0.05) is 145 Å². The van der Waals surface area contributed by atoms with E-state index in [2.05, 4.69) is 79.1 Å². The average Bonchev–Trinajstić information content (AvgIpc) is 3.48. The van der Waals surface area contributed by atoms with E-state index in [1.807, 2.05) is 78.9 Å². The Morgan fingerprint density at radius 3 is 1.71 bits per heavy atom. The van der Waals surface area contributed by atoms with Crippen LogP contribution in [0.3, 0.4) is 0 Å². The van der Waals surface area contributed by atoms with Gasteiger partial charge in [-0.15, -0.1) is 0 Å². The SMILES string of the molecule is CCc1ccccc1.Cc1ccccc1.Cc1ccccc1.[C-]#[N+]c1ccc2nc3c4cccc5cccc(c(=O)n3c2c1)c54. The molecule has 2 heterocycles. The van der Waals surface area contributed by atoms with Crippen LogP contribution >= 0.6 is 0 Å². The molecule has 0 N–H and O–H groups in total. The summed E-state index contributed by atoms with van der Waals surface area (Å²) in [6.45, 7) is 13.5. The second-order valence-corrected chi connectivity index (χ2v) is 10.7. The quantitative estimate of drug-likeness (QED) is 0.180. The number of benzene rings is 6. The summed E-state index contributed by atoms with van der Waals surface area (Å²) in [6, 6.07) is 48.0. The Balaban J connectivity index is 0.000000148. The van der Waals surface area contributed by atoms with Gasteiger partial charge in [-0.05, 0) is 49.4 Å². The molecule has 0 spiro atoms. The van der Waals surface area contributed by atoms with Crippen molar-refractivity contribution < 1.29 is 0 Å². The lowest BCUT2D eigenvalue weighted by molar-refractivity contribution is 1.14. The zero-order valence-electron chi connectivity index (χ0n) is 25.8. The molecule has 45 heavy (non-hydrogen) atoms. The normalized spacial score (nSPS) is 10.3. The van der Waals surface area contributed by atoms with Crippen LogP contribution in [0.4, 0.5) is 5.69 Å². The summed E-state index contributed by atoms with van der Waals surface area (Å²) in [5.74, 6) is 0. The van der Waals surface area contributed by atoms with Crippen molar-refractivity contribution in [3.05, 3.63) is 184 Å². The first-order chi connectivity index (χ1) is 22.0. The zero-order valence-corrected chi connectivity index (χ0v) is 25.8. The predicted molar refractivity (Wildman–Crippen MR) is 190 cm³/mol. The van der Waals surface area contributed by atoms with E-state index >= 15 is 0 Å². The lowest BCUT2D eigenvalue weighted by Crippen LogP contribution is -2.13. The van der Waals surface area contributed by atoms with Crippen LogP contribution in [0.2, 0.25) is 0 Å². The Morgan fingerprint density at radius 1 is 0.667 bits per heavy atom. The highest BCUT2D eigenvalue weighted by atomic mass is 16.1. The number of aromatic nitrogens is 2. The first-order valence-electron chi connectivity index (χ1n) is 15.0. The van der Waals surface area contributed by atoms with E-state index in [0.717, 1.165) is 28.1 Å². The fourth-order valence-corrected chi connectivity index (χ4v) is 5.13. The van der Waals surface area contributed by atoms with Gasteiger partial charge in [0.2, 0.25) is 0 Å². The molecule has 0 bridgehead atoms. The van der Waals surface area contributed by atoms with Crippen molar-refractivity contribution in [2.75, 3.05) is 0 Å². The highest BCUT2D eigenvalue weighted by Gasteiger charge is 2.15. The molecule has 4 nitrogen and oxygen atoms in total. The van der Waals surface area contributed by atoms with Gasteiger partial charge in [0.15, 0.2) is 5.69 Å². The third kappa shape index (κ3) is 7.24. The molecule has 220 valence electrons. The zero-order chi connectivity index (χ0) is 31.6. The summed E-state index contributed by atoms with van der Waals surface area (Å²) in [6.07, 6.45) is 1.14. The molecule has 0 saturated heterocycles. The van der Waals surface area contributed by atoms with Crippen molar-refractivity contribution in [3.63, 3.8) is 0 Å². The Bertz CT molecular complexity index is 2190. The summed E-state index contributed by atoms with van der Waals surface area (Å²) in [4.78, 5) is 21.1. The molecule has 0 amide bonds. The maximum Gasteiger partial charge on any atom is 0.264 e. The molecular weight excluding hydrogens is 550 g/mol. The molecule has 2 aromatic heterocycles. The van der Waals surface area contributed by atoms with Gasteiger partial charge < -0.3 is 0 Å². The van der Waals surface area contributed by atoms with Gasteiger partial charge in [-0.3, -0.25) is 9.20 Å². The number of hydrogen-bond donors (Lipinski definition) is 0.